The summed E-state index contributed by atoms with van der Waals surface area (Å²) in [6.07, 6.45) is 2.09. The summed E-state index contributed by atoms with van der Waals surface area (Å²) in [4.78, 5) is 4.80. The van der Waals surface area contributed by atoms with E-state index in [4.69, 9.17) is 4.98 Å². The normalized spacial score (nSPS) is 11.4. The van der Waals surface area contributed by atoms with E-state index < -0.39 is 13.3 Å². The number of nitrogens with zero attached hydrogens (tertiary/aromatic N) is 1. The van der Waals surface area contributed by atoms with Crippen molar-refractivity contribution < 1.29 is 0 Å². The molecular weight excluding hydrogens is 399 g/mol. The Bertz CT molecular complexity index is 1060. The molecule has 2 heteroatoms. The van der Waals surface area contributed by atoms with Gasteiger partial charge in [0.15, 0.2) is 0 Å². The number of hydrogen-bond donors (Lipinski definition) is 0. The first-order chi connectivity index (χ1) is 13.5. The molecule has 4 aromatic rings. The molecule has 4 rings (SSSR count). The zero-order chi connectivity index (χ0) is 19.6. The van der Waals surface area contributed by atoms with Gasteiger partial charge in [-0.25, -0.2) is 0 Å². The molecule has 0 bridgehead atoms. The van der Waals surface area contributed by atoms with Crippen LogP contribution >= 0.6 is 0 Å². The molecule has 0 saturated heterocycles. The summed E-state index contributed by atoms with van der Waals surface area (Å²) in [6.45, 7) is 0. The molecule has 0 radical (unpaired) electrons. The molecule has 0 fully saturated rings. The fourth-order valence-corrected chi connectivity index (χ4v) is 5.61. The van der Waals surface area contributed by atoms with Crippen molar-refractivity contribution in [2.75, 3.05) is 0 Å². The number of hydrogen-bond acceptors (Lipinski definition) is 1. The van der Waals surface area contributed by atoms with Crippen molar-refractivity contribution >= 4 is 17.7 Å². The van der Waals surface area contributed by atoms with Crippen molar-refractivity contribution in [1.82, 2.24) is 4.98 Å². The van der Waals surface area contributed by atoms with E-state index in [9.17, 15) is 0 Å². The quantitative estimate of drug-likeness (QED) is 0.336. The first-order valence-corrected chi connectivity index (χ1v) is 17.1. The Balaban J connectivity index is 1.83. The van der Waals surface area contributed by atoms with Crippen LogP contribution in [-0.2, 0) is 0 Å². The molecule has 1 nitrogen and oxygen atoms in total. The number of rotatable bonds is 4. The molecule has 0 amide bonds. The van der Waals surface area contributed by atoms with E-state index in [0.717, 1.165) is 11.3 Å². The number of aromatic nitrogens is 1. The van der Waals surface area contributed by atoms with E-state index in [1.807, 2.05) is 0 Å². The SMILES string of the molecule is [CH3][Ge]([CH3])([CH3])[c]1ccc(-c2ccc(-c3ccccc3)c(-c3ccccc3)c2)nc1. The van der Waals surface area contributed by atoms with Crippen molar-refractivity contribution in [3.05, 3.63) is 97.2 Å². The van der Waals surface area contributed by atoms with Crippen LogP contribution in [0.5, 0.6) is 0 Å². The van der Waals surface area contributed by atoms with Gasteiger partial charge in [-0.1, -0.05) is 0 Å². The maximum absolute atomic E-state index is 4.80. The van der Waals surface area contributed by atoms with Gasteiger partial charge in [0.05, 0.1) is 0 Å². The molecule has 0 atom stereocenters. The predicted molar refractivity (Wildman–Crippen MR) is 124 cm³/mol. The molecule has 138 valence electrons. The van der Waals surface area contributed by atoms with E-state index >= 15 is 0 Å². The predicted octanol–water partition coefficient (Wildman–Crippen LogP) is 6.63. The van der Waals surface area contributed by atoms with E-state index in [0.29, 0.717) is 0 Å². The Morgan fingerprint density at radius 1 is 0.571 bits per heavy atom. The van der Waals surface area contributed by atoms with Crippen LogP contribution in [0.3, 0.4) is 0 Å². The van der Waals surface area contributed by atoms with Crippen LogP contribution in [0.1, 0.15) is 0 Å². The fraction of sp³-hybridized carbons (Fsp3) is 0.115. The third-order valence-electron chi connectivity index (χ3n) is 5.11. The van der Waals surface area contributed by atoms with Crippen molar-refractivity contribution in [2.24, 2.45) is 0 Å². The van der Waals surface area contributed by atoms with Gasteiger partial charge in [-0.05, 0) is 0 Å². The molecule has 0 aliphatic carbocycles. The molecule has 1 heterocycles. The van der Waals surface area contributed by atoms with Gasteiger partial charge in [0.2, 0.25) is 0 Å². The average Bonchev–Trinajstić information content (AvgIpc) is 2.74. The Morgan fingerprint density at radius 2 is 1.18 bits per heavy atom. The zero-order valence-electron chi connectivity index (χ0n) is 16.7. The molecule has 0 unspecified atom stereocenters. The first kappa shape index (κ1) is 18.7. The maximum atomic E-state index is 4.80. The standard InChI is InChI=1S/C26H25GeN/c1-27(2,3)23-15-17-26(28-19-23)22-14-16-24(20-10-6-4-7-11-20)25(18-22)21-12-8-5-9-13-21/h4-19H,1-3H3. The van der Waals surface area contributed by atoms with Crippen molar-refractivity contribution in [3.63, 3.8) is 0 Å². The van der Waals surface area contributed by atoms with Crippen LogP contribution in [0.25, 0.3) is 33.5 Å². The molecule has 0 N–H and O–H groups in total. The summed E-state index contributed by atoms with van der Waals surface area (Å²) in [5.41, 5.74) is 7.14. The van der Waals surface area contributed by atoms with E-state index in [2.05, 4.69) is 114 Å². The van der Waals surface area contributed by atoms with Crippen LogP contribution < -0.4 is 4.40 Å². The van der Waals surface area contributed by atoms with Crippen molar-refractivity contribution in [3.8, 4) is 33.5 Å². The summed E-state index contributed by atoms with van der Waals surface area (Å²) in [5.74, 6) is 7.20. The number of pyridine rings is 1. The second kappa shape index (κ2) is 7.77. The minimum atomic E-state index is -1.84. The molecule has 0 aliphatic heterocycles. The van der Waals surface area contributed by atoms with Gasteiger partial charge in [-0.3, -0.25) is 0 Å². The van der Waals surface area contributed by atoms with E-state index in [1.165, 1.54) is 26.6 Å². The van der Waals surface area contributed by atoms with Gasteiger partial charge in [-0.15, -0.1) is 0 Å². The zero-order valence-corrected chi connectivity index (χ0v) is 18.8. The van der Waals surface area contributed by atoms with Gasteiger partial charge >= 0.3 is 171 Å². The summed E-state index contributed by atoms with van der Waals surface area (Å²) < 4.78 is 1.44. The van der Waals surface area contributed by atoms with Gasteiger partial charge in [0, 0.05) is 0 Å². The summed E-state index contributed by atoms with van der Waals surface area (Å²) in [7, 11) is 0. The van der Waals surface area contributed by atoms with E-state index in [1.54, 1.807) is 0 Å². The summed E-state index contributed by atoms with van der Waals surface area (Å²) in [6, 6.07) is 32.3. The monoisotopic (exact) mass is 425 g/mol. The fourth-order valence-electron chi connectivity index (χ4n) is 3.44. The van der Waals surface area contributed by atoms with Gasteiger partial charge < -0.3 is 0 Å². The second-order valence-corrected chi connectivity index (χ2v) is 18.8. The Morgan fingerprint density at radius 3 is 1.71 bits per heavy atom. The van der Waals surface area contributed by atoms with Crippen LogP contribution in [0.4, 0.5) is 0 Å². The molecule has 0 aliphatic rings. The van der Waals surface area contributed by atoms with E-state index in [-0.39, 0.29) is 0 Å². The molecule has 3 aromatic carbocycles. The minimum absolute atomic E-state index is 1.03. The molecule has 28 heavy (non-hydrogen) atoms. The molecule has 1 aromatic heterocycles. The topological polar surface area (TPSA) is 12.9 Å². The van der Waals surface area contributed by atoms with Crippen LogP contribution in [0, 0.1) is 0 Å². The number of benzene rings is 3. The van der Waals surface area contributed by atoms with Crippen molar-refractivity contribution in [2.45, 2.75) is 17.3 Å². The Kier molecular flexibility index (Phi) is 5.19. The summed E-state index contributed by atoms with van der Waals surface area (Å²) >= 11 is -1.84. The Hall–Kier alpha value is -2.65. The molecular formula is C26H25GeN. The van der Waals surface area contributed by atoms with Crippen LogP contribution in [0.2, 0.25) is 17.3 Å². The molecule has 0 saturated carbocycles. The van der Waals surface area contributed by atoms with Gasteiger partial charge in [0.1, 0.15) is 0 Å². The Labute approximate surface area is 170 Å². The van der Waals surface area contributed by atoms with Gasteiger partial charge in [0.25, 0.3) is 0 Å². The van der Waals surface area contributed by atoms with Crippen molar-refractivity contribution in [1.29, 1.82) is 0 Å². The van der Waals surface area contributed by atoms with Gasteiger partial charge in [-0.2, -0.15) is 0 Å². The third kappa shape index (κ3) is 3.95. The second-order valence-electron chi connectivity index (χ2n) is 8.17. The summed E-state index contributed by atoms with van der Waals surface area (Å²) in [5, 5.41) is 0. The van der Waals surface area contributed by atoms with Crippen LogP contribution in [-0.4, -0.2) is 18.3 Å². The molecule has 0 spiro atoms. The first-order valence-electron chi connectivity index (χ1n) is 9.74. The third-order valence-corrected chi connectivity index (χ3v) is 9.37. The average molecular weight is 424 g/mol. The van der Waals surface area contributed by atoms with Crippen LogP contribution in [0.15, 0.2) is 97.2 Å².